The van der Waals surface area contributed by atoms with Gasteiger partial charge in [-0.2, -0.15) is 0 Å². The molecule has 2 fully saturated rings. The summed E-state index contributed by atoms with van der Waals surface area (Å²) in [4.78, 5) is 42.3. The number of hydrogen-bond acceptors (Lipinski definition) is 8. The fourth-order valence-corrected chi connectivity index (χ4v) is 11.0. The van der Waals surface area contributed by atoms with E-state index >= 15 is 0 Å². The predicted octanol–water partition coefficient (Wildman–Crippen LogP) is 8.44. The van der Waals surface area contributed by atoms with Crippen LogP contribution in [0, 0.1) is 28.6 Å². The van der Waals surface area contributed by atoms with Crippen molar-refractivity contribution in [3.63, 3.8) is 0 Å². The van der Waals surface area contributed by atoms with E-state index in [0.29, 0.717) is 29.3 Å². The maximum atomic E-state index is 12.7. The predicted molar refractivity (Wildman–Crippen MR) is 195 cm³/mol. The highest BCUT2D eigenvalue weighted by molar-refractivity contribution is 8.76. The Kier molecular flexibility index (Phi) is 11.4. The van der Waals surface area contributed by atoms with Crippen LogP contribution in [0.3, 0.4) is 0 Å². The molecule has 4 aliphatic carbocycles. The van der Waals surface area contributed by atoms with Crippen LogP contribution in [-0.2, 0) is 25.6 Å². The molecule has 1 heterocycles. The number of fused-ring (bicyclic) bond motifs is 5. The number of rotatable bonds is 13. The van der Waals surface area contributed by atoms with Crippen LogP contribution in [0.5, 0.6) is 0 Å². The number of carboxylic acids is 1. The molecular formula is C39H48N2O6S2. The third-order valence-corrected chi connectivity index (χ3v) is 14.0. The molecule has 6 atom stereocenters. The van der Waals surface area contributed by atoms with Gasteiger partial charge >= 0.3 is 12.1 Å². The van der Waals surface area contributed by atoms with Crippen LogP contribution in [-0.4, -0.2) is 63.8 Å². The summed E-state index contributed by atoms with van der Waals surface area (Å²) >= 11 is 0. The highest BCUT2D eigenvalue weighted by atomic mass is 33.1. The average Bonchev–Trinajstić information content (AvgIpc) is 3.45. The topological polar surface area (TPSA) is 106 Å². The molecule has 2 aromatic rings. The van der Waals surface area contributed by atoms with E-state index in [9.17, 15) is 19.5 Å². The van der Waals surface area contributed by atoms with E-state index < -0.39 is 12.1 Å². The van der Waals surface area contributed by atoms with Gasteiger partial charge in [0.15, 0.2) is 0 Å². The number of aliphatic carboxylic acids is 1. The zero-order valence-electron chi connectivity index (χ0n) is 28.6. The number of carbonyl (C=O) groups is 3. The lowest BCUT2D eigenvalue weighted by molar-refractivity contribution is -0.144. The molecule has 49 heavy (non-hydrogen) atoms. The van der Waals surface area contributed by atoms with E-state index in [1.807, 2.05) is 48.8 Å². The number of ether oxygens (including phenoxy) is 2. The summed E-state index contributed by atoms with van der Waals surface area (Å²) in [6.07, 6.45) is 15.7. The molecule has 262 valence electrons. The molecule has 0 saturated heterocycles. The molecule has 1 amide bonds. The minimum atomic E-state index is -1.03. The quantitative estimate of drug-likeness (QED) is 0.0952. The summed E-state index contributed by atoms with van der Waals surface area (Å²) in [5, 5.41) is 9.24. The van der Waals surface area contributed by atoms with Crippen LogP contribution < -0.4 is 0 Å². The van der Waals surface area contributed by atoms with Gasteiger partial charge < -0.3 is 19.5 Å². The number of carbonyl (C=O) groups excluding carboxylic acids is 2. The molecular weight excluding hydrogens is 657 g/mol. The summed E-state index contributed by atoms with van der Waals surface area (Å²) < 4.78 is 11.2. The van der Waals surface area contributed by atoms with Crippen molar-refractivity contribution in [1.29, 1.82) is 0 Å². The van der Waals surface area contributed by atoms with Gasteiger partial charge in [0.2, 0.25) is 5.91 Å². The SMILES string of the molecule is CC12CCC(OC(=O)OCCSSCCC(=O)N(CC(=O)O)Cc3ccccc3)CC1=CCC1C2CCC2(C)C(c3cccnc3)=CCC12. The Morgan fingerprint density at radius 2 is 1.76 bits per heavy atom. The van der Waals surface area contributed by atoms with Crippen molar-refractivity contribution in [2.45, 2.75) is 77.9 Å². The van der Waals surface area contributed by atoms with Gasteiger partial charge in [0.25, 0.3) is 0 Å². The van der Waals surface area contributed by atoms with E-state index in [0.717, 1.165) is 37.7 Å². The molecule has 0 spiro atoms. The van der Waals surface area contributed by atoms with E-state index in [1.165, 1.54) is 56.0 Å². The van der Waals surface area contributed by atoms with Crippen molar-refractivity contribution >= 4 is 45.2 Å². The molecule has 0 aliphatic heterocycles. The Balaban J connectivity index is 0.906. The monoisotopic (exact) mass is 704 g/mol. The maximum absolute atomic E-state index is 12.7. The lowest BCUT2D eigenvalue weighted by Gasteiger charge is -2.57. The van der Waals surface area contributed by atoms with Crippen molar-refractivity contribution < 1.29 is 29.0 Å². The molecule has 1 aromatic carbocycles. The van der Waals surface area contributed by atoms with Gasteiger partial charge in [0.05, 0.1) is 0 Å². The first-order valence-corrected chi connectivity index (χ1v) is 20.1. The average molecular weight is 705 g/mol. The second-order valence-electron chi connectivity index (χ2n) is 14.4. The third-order valence-electron chi connectivity index (χ3n) is 11.6. The van der Waals surface area contributed by atoms with Gasteiger partial charge in [0.1, 0.15) is 19.3 Å². The molecule has 8 nitrogen and oxygen atoms in total. The van der Waals surface area contributed by atoms with Crippen LogP contribution in [0.4, 0.5) is 4.79 Å². The highest BCUT2D eigenvalue weighted by Crippen LogP contribution is 2.66. The van der Waals surface area contributed by atoms with Crippen LogP contribution in [0.2, 0.25) is 0 Å². The van der Waals surface area contributed by atoms with Gasteiger partial charge in [-0.05, 0) is 89.9 Å². The number of aromatic nitrogens is 1. The van der Waals surface area contributed by atoms with Crippen molar-refractivity contribution in [3.8, 4) is 0 Å². The molecule has 1 aromatic heterocycles. The van der Waals surface area contributed by atoms with E-state index in [4.69, 9.17) is 9.47 Å². The van der Waals surface area contributed by atoms with Gasteiger partial charge in [-0.15, -0.1) is 0 Å². The fraction of sp³-hybridized carbons (Fsp3) is 0.538. The van der Waals surface area contributed by atoms with E-state index in [-0.39, 0.29) is 49.0 Å². The Labute approximate surface area is 297 Å². The first-order chi connectivity index (χ1) is 23.7. The van der Waals surface area contributed by atoms with Crippen molar-refractivity contribution in [2.24, 2.45) is 28.6 Å². The van der Waals surface area contributed by atoms with Crippen molar-refractivity contribution in [1.82, 2.24) is 9.88 Å². The summed E-state index contributed by atoms with van der Waals surface area (Å²) in [5.41, 5.74) is 5.49. The molecule has 2 saturated carbocycles. The van der Waals surface area contributed by atoms with Crippen LogP contribution in [0.25, 0.3) is 5.57 Å². The van der Waals surface area contributed by atoms with Gasteiger partial charge in [-0.25, -0.2) is 4.79 Å². The van der Waals surface area contributed by atoms with E-state index in [1.54, 1.807) is 0 Å². The first-order valence-electron chi connectivity index (χ1n) is 17.6. The lowest BCUT2D eigenvalue weighted by atomic mass is 9.47. The fourth-order valence-electron chi connectivity index (χ4n) is 9.20. The smallest absolute Gasteiger partial charge is 0.480 e. The number of allylic oxidation sites excluding steroid dienone is 3. The molecule has 6 unspecified atom stereocenters. The third kappa shape index (κ3) is 8.06. The number of hydrogen-bond donors (Lipinski definition) is 1. The standard InChI is InChI=1S/C39H48N2O6S2/c1-38-17-14-30(23-29(38)10-11-31-33-13-12-32(28-9-6-19-40-24-28)39(33,2)18-15-34(31)38)47-37(45)46-20-22-49-48-21-16-35(42)41(26-36(43)44)25-27-7-4-3-5-8-27/h3-10,12,19,24,30-31,33-34H,11,13-18,20-23,25-26H2,1-2H3,(H,43,44). The Bertz CT molecular complexity index is 1550. The summed E-state index contributed by atoms with van der Waals surface area (Å²) in [5.74, 6) is 1.88. The number of benzene rings is 1. The Hall–Kier alpha value is -3.24. The molecule has 1 N–H and O–H groups in total. The zero-order chi connectivity index (χ0) is 34.4. The Morgan fingerprint density at radius 1 is 0.959 bits per heavy atom. The minimum Gasteiger partial charge on any atom is -0.480 e. The molecule has 0 radical (unpaired) electrons. The maximum Gasteiger partial charge on any atom is 0.508 e. The van der Waals surface area contributed by atoms with Gasteiger partial charge in [-0.3, -0.25) is 14.6 Å². The second kappa shape index (κ2) is 15.8. The summed E-state index contributed by atoms with van der Waals surface area (Å²) in [7, 11) is 3.04. The second-order valence-corrected chi connectivity index (χ2v) is 17.1. The van der Waals surface area contributed by atoms with Gasteiger partial charge in [-0.1, -0.05) is 89.6 Å². The van der Waals surface area contributed by atoms with E-state index in [2.05, 4.69) is 37.0 Å². The largest absolute Gasteiger partial charge is 0.508 e. The highest BCUT2D eigenvalue weighted by Gasteiger charge is 2.57. The molecule has 6 rings (SSSR count). The van der Waals surface area contributed by atoms with Crippen LogP contribution in [0.15, 0.2) is 72.6 Å². The lowest BCUT2D eigenvalue weighted by Crippen LogP contribution is -2.50. The van der Waals surface area contributed by atoms with Crippen molar-refractivity contribution in [3.05, 3.63) is 83.7 Å². The normalized spacial score (nSPS) is 28.6. The molecule has 10 heteroatoms. The zero-order valence-corrected chi connectivity index (χ0v) is 30.2. The summed E-state index contributed by atoms with van der Waals surface area (Å²) in [6.45, 7) is 5.13. The van der Waals surface area contributed by atoms with Crippen molar-refractivity contribution in [2.75, 3.05) is 24.7 Å². The number of nitrogens with zero attached hydrogens (tertiary/aromatic N) is 2. The Morgan fingerprint density at radius 3 is 2.53 bits per heavy atom. The van der Waals surface area contributed by atoms with Crippen LogP contribution >= 0.6 is 21.6 Å². The van der Waals surface area contributed by atoms with Crippen LogP contribution in [0.1, 0.15) is 76.3 Å². The number of pyridine rings is 1. The first kappa shape index (κ1) is 35.6. The minimum absolute atomic E-state index is 0.153. The number of carboxylic acid groups (broad SMARTS) is 1. The molecule has 4 aliphatic rings. The van der Waals surface area contributed by atoms with Gasteiger partial charge in [0, 0.05) is 43.3 Å². The summed E-state index contributed by atoms with van der Waals surface area (Å²) in [6, 6.07) is 13.6. The number of amides is 1. The molecule has 0 bridgehead atoms.